The highest BCUT2D eigenvalue weighted by Crippen LogP contribution is 2.40. The van der Waals surface area contributed by atoms with E-state index in [0.717, 1.165) is 16.5 Å². The number of nitrogens with zero attached hydrogens (tertiary/aromatic N) is 4. The molecule has 208 valence electrons. The SMILES string of the molecule is CC(C)(O/N=C(\C(=O)NC1C(=O)N2C(C(=O)O)=C(C[n+]3ccc4ccoc4c3)CS[C@H]12)c1coc(N)n1)C(=O)O. The van der Waals surface area contributed by atoms with Gasteiger partial charge in [-0.3, -0.25) is 14.5 Å². The fourth-order valence-corrected chi connectivity index (χ4v) is 5.41. The van der Waals surface area contributed by atoms with E-state index < -0.39 is 46.5 Å². The summed E-state index contributed by atoms with van der Waals surface area (Å²) in [6.45, 7) is 2.65. The van der Waals surface area contributed by atoms with Crippen LogP contribution in [0.1, 0.15) is 19.5 Å². The van der Waals surface area contributed by atoms with Crippen molar-refractivity contribution >= 4 is 58.2 Å². The summed E-state index contributed by atoms with van der Waals surface area (Å²) in [7, 11) is 0. The van der Waals surface area contributed by atoms with Crippen molar-refractivity contribution < 1.29 is 47.6 Å². The number of carbonyl (C=O) groups excluding carboxylic acids is 2. The average Bonchev–Trinajstić information content (AvgIpc) is 3.55. The van der Waals surface area contributed by atoms with Crippen molar-refractivity contribution in [3.05, 3.63) is 54.0 Å². The van der Waals surface area contributed by atoms with E-state index >= 15 is 0 Å². The molecular weight excluding hydrogens is 548 g/mol. The van der Waals surface area contributed by atoms with Crippen LogP contribution in [0.4, 0.5) is 6.01 Å². The summed E-state index contributed by atoms with van der Waals surface area (Å²) in [5.41, 5.74) is 4.04. The molecule has 0 spiro atoms. The molecule has 2 aliphatic rings. The number of nitrogen functional groups attached to an aromatic ring is 1. The first-order chi connectivity index (χ1) is 19.0. The number of hydrogen-bond donors (Lipinski definition) is 4. The lowest BCUT2D eigenvalue weighted by Gasteiger charge is -2.49. The van der Waals surface area contributed by atoms with Crippen molar-refractivity contribution in [1.82, 2.24) is 15.2 Å². The van der Waals surface area contributed by atoms with Crippen LogP contribution in [0, 0.1) is 0 Å². The molecule has 0 aromatic carbocycles. The van der Waals surface area contributed by atoms with Gasteiger partial charge in [0.05, 0.1) is 6.26 Å². The van der Waals surface area contributed by atoms with Crippen LogP contribution in [-0.4, -0.2) is 72.3 Å². The van der Waals surface area contributed by atoms with Crippen molar-refractivity contribution in [3.63, 3.8) is 0 Å². The topological polar surface area (TPSA) is 215 Å². The predicted octanol–water partition coefficient (Wildman–Crippen LogP) is 0.313. The van der Waals surface area contributed by atoms with Gasteiger partial charge in [-0.15, -0.1) is 11.8 Å². The van der Waals surface area contributed by atoms with Gasteiger partial charge in [-0.1, -0.05) is 5.16 Å². The lowest BCUT2D eigenvalue weighted by molar-refractivity contribution is -0.688. The number of anilines is 1. The molecule has 3 aromatic rings. The Morgan fingerprint density at radius 3 is 2.77 bits per heavy atom. The summed E-state index contributed by atoms with van der Waals surface area (Å²) in [5.74, 6) is -3.91. The number of pyridine rings is 1. The van der Waals surface area contributed by atoms with Gasteiger partial charge in [0.2, 0.25) is 11.8 Å². The van der Waals surface area contributed by atoms with Crippen molar-refractivity contribution in [2.24, 2.45) is 5.16 Å². The number of fused-ring (bicyclic) bond motifs is 2. The minimum Gasteiger partial charge on any atom is -0.478 e. The van der Waals surface area contributed by atoms with Crippen molar-refractivity contribution in [1.29, 1.82) is 0 Å². The maximum atomic E-state index is 13.2. The average molecular weight is 572 g/mol. The zero-order valence-corrected chi connectivity index (χ0v) is 21.9. The van der Waals surface area contributed by atoms with E-state index in [4.69, 9.17) is 19.4 Å². The van der Waals surface area contributed by atoms with E-state index in [2.05, 4.69) is 15.5 Å². The predicted molar refractivity (Wildman–Crippen MR) is 136 cm³/mol. The number of amides is 2. The van der Waals surface area contributed by atoms with Gasteiger partial charge < -0.3 is 34.9 Å². The molecule has 15 nitrogen and oxygen atoms in total. The fourth-order valence-electron chi connectivity index (χ4n) is 4.08. The quantitative estimate of drug-likeness (QED) is 0.118. The number of hydrogen-bond acceptors (Lipinski definition) is 11. The van der Waals surface area contributed by atoms with E-state index in [-0.39, 0.29) is 29.7 Å². The molecule has 5 heterocycles. The Morgan fingerprint density at radius 2 is 2.10 bits per heavy atom. The molecule has 40 heavy (non-hydrogen) atoms. The van der Waals surface area contributed by atoms with Crippen LogP contribution in [0.25, 0.3) is 11.0 Å². The summed E-state index contributed by atoms with van der Waals surface area (Å²) >= 11 is 1.28. The largest absolute Gasteiger partial charge is 0.478 e. The van der Waals surface area contributed by atoms with Gasteiger partial charge in [-0.25, -0.2) is 9.59 Å². The Kier molecular flexibility index (Phi) is 6.70. The second-order valence-electron chi connectivity index (χ2n) is 9.39. The minimum atomic E-state index is -1.79. The molecular formula is C24H23N6O9S+. The summed E-state index contributed by atoms with van der Waals surface area (Å²) in [4.78, 5) is 59.9. The van der Waals surface area contributed by atoms with Crippen LogP contribution in [0.3, 0.4) is 0 Å². The van der Waals surface area contributed by atoms with Crippen molar-refractivity contribution in [2.75, 3.05) is 11.5 Å². The first-order valence-corrected chi connectivity index (χ1v) is 12.8. The number of nitrogens with two attached hydrogens (primary N) is 1. The third-order valence-corrected chi connectivity index (χ3v) is 7.57. The fraction of sp³-hybridized carbons (Fsp3) is 0.292. The van der Waals surface area contributed by atoms with Crippen LogP contribution >= 0.6 is 11.8 Å². The van der Waals surface area contributed by atoms with Crippen LogP contribution in [-0.2, 0) is 30.6 Å². The molecule has 2 aliphatic heterocycles. The van der Waals surface area contributed by atoms with Gasteiger partial charge in [-0.2, -0.15) is 9.55 Å². The molecule has 1 saturated heterocycles. The maximum Gasteiger partial charge on any atom is 0.352 e. The number of oxime groups is 1. The summed E-state index contributed by atoms with van der Waals surface area (Å²) in [6, 6.07) is 2.27. The van der Waals surface area contributed by atoms with Gasteiger partial charge in [0, 0.05) is 22.8 Å². The van der Waals surface area contributed by atoms with E-state index in [1.807, 2.05) is 12.1 Å². The lowest BCUT2D eigenvalue weighted by Crippen LogP contribution is -2.71. The number of aliphatic carboxylic acids is 2. The molecule has 2 amide bonds. The van der Waals surface area contributed by atoms with Crippen LogP contribution in [0.2, 0.25) is 0 Å². The Bertz CT molecular complexity index is 1610. The number of carbonyl (C=O) groups is 4. The highest BCUT2D eigenvalue weighted by atomic mass is 32.2. The van der Waals surface area contributed by atoms with Crippen LogP contribution in [0.15, 0.2) is 62.3 Å². The number of oxazole rings is 1. The van der Waals surface area contributed by atoms with E-state index in [1.54, 1.807) is 23.2 Å². The highest BCUT2D eigenvalue weighted by molar-refractivity contribution is 8.00. The highest BCUT2D eigenvalue weighted by Gasteiger charge is 2.55. The Hall–Kier alpha value is -4.86. The number of carboxylic acid groups (broad SMARTS) is 2. The maximum absolute atomic E-state index is 13.2. The number of thioether (sulfide) groups is 1. The number of rotatable bonds is 9. The van der Waals surface area contributed by atoms with Gasteiger partial charge in [-0.05, 0) is 19.9 Å². The summed E-state index contributed by atoms with van der Waals surface area (Å²) in [5, 5.41) is 25.6. The smallest absolute Gasteiger partial charge is 0.352 e. The second-order valence-corrected chi connectivity index (χ2v) is 10.5. The molecule has 0 bridgehead atoms. The zero-order valence-electron chi connectivity index (χ0n) is 21.1. The molecule has 5 N–H and O–H groups in total. The first kappa shape index (κ1) is 26.7. The van der Waals surface area contributed by atoms with Gasteiger partial charge in [0.15, 0.2) is 24.0 Å². The molecule has 2 atom stereocenters. The molecule has 0 aliphatic carbocycles. The number of furan rings is 1. The molecule has 3 aromatic heterocycles. The number of nitrogens with one attached hydrogen (secondary N) is 1. The number of β-lactam (4-membered cyclic amide) rings is 1. The first-order valence-electron chi connectivity index (χ1n) is 11.7. The van der Waals surface area contributed by atoms with Crippen molar-refractivity contribution in [2.45, 2.75) is 37.4 Å². The Balaban J connectivity index is 1.36. The number of aromatic nitrogens is 2. The third kappa shape index (κ3) is 4.84. The molecule has 1 unspecified atom stereocenters. The van der Waals surface area contributed by atoms with Gasteiger partial charge in [0.1, 0.15) is 29.1 Å². The molecule has 5 rings (SSSR count). The number of carboxylic acids is 2. The third-order valence-electron chi connectivity index (χ3n) is 6.23. The van der Waals surface area contributed by atoms with E-state index in [0.29, 0.717) is 11.2 Å². The van der Waals surface area contributed by atoms with Gasteiger partial charge in [0.25, 0.3) is 17.8 Å². The Labute approximate surface area is 229 Å². The lowest BCUT2D eigenvalue weighted by atomic mass is 10.0. The molecule has 0 radical (unpaired) electrons. The molecule has 16 heteroatoms. The monoisotopic (exact) mass is 571 g/mol. The summed E-state index contributed by atoms with van der Waals surface area (Å²) < 4.78 is 12.1. The van der Waals surface area contributed by atoms with Crippen molar-refractivity contribution in [3.8, 4) is 0 Å². The molecule has 1 fully saturated rings. The minimum absolute atomic E-state index is 0.156. The van der Waals surface area contributed by atoms with Crippen LogP contribution in [0.5, 0.6) is 0 Å². The van der Waals surface area contributed by atoms with Gasteiger partial charge >= 0.3 is 11.9 Å². The zero-order chi connectivity index (χ0) is 28.8. The summed E-state index contributed by atoms with van der Waals surface area (Å²) in [6.07, 6.45) is 6.10. The standard InChI is InChI=1S/C24H22N6O9S/c1-24(2,22(35)36)39-28-15(13-9-38-23(25)26-13)18(31)27-16-19(32)30-17(21(33)34)12(10-40-20(16)30)7-29-5-3-11-4-6-37-14(11)8-29/h3-6,8-9,16,20H,7,10H2,1-2H3,(H4-,25,26,27,31,33,34,35,36)/p+1/b28-15-/t16?,20-/m1/s1. The van der Waals surface area contributed by atoms with E-state index in [9.17, 15) is 29.4 Å². The molecule has 0 saturated carbocycles. The van der Waals surface area contributed by atoms with E-state index in [1.165, 1.54) is 25.6 Å². The Morgan fingerprint density at radius 1 is 1.32 bits per heavy atom. The normalized spacial score (nSPS) is 19.3. The van der Waals surface area contributed by atoms with Crippen LogP contribution < -0.4 is 15.6 Å². The second kappa shape index (κ2) is 10.0.